The molecule has 6 nitrogen and oxygen atoms in total. The second-order valence-corrected chi connectivity index (χ2v) is 10.2. The summed E-state index contributed by atoms with van der Waals surface area (Å²) in [6, 6.07) is 12.2. The van der Waals surface area contributed by atoms with Crippen molar-refractivity contribution in [3.63, 3.8) is 0 Å². The normalized spacial score (nSPS) is 17.5. The number of nitrogens with zero attached hydrogens (tertiary/aromatic N) is 1. The Kier molecular flexibility index (Phi) is 8.11. The van der Waals surface area contributed by atoms with Crippen LogP contribution < -0.4 is 5.32 Å². The summed E-state index contributed by atoms with van der Waals surface area (Å²) in [6.07, 6.45) is 1.83. The number of benzene rings is 2. The van der Waals surface area contributed by atoms with Crippen molar-refractivity contribution in [1.29, 1.82) is 0 Å². The third kappa shape index (κ3) is 6.07. The third-order valence-corrected chi connectivity index (χ3v) is 7.73. The van der Waals surface area contributed by atoms with E-state index in [1.54, 1.807) is 6.07 Å². The molecule has 1 amide bonds. The maximum Gasteiger partial charge on any atom is 0.251 e. The molecule has 31 heavy (non-hydrogen) atoms. The predicted molar refractivity (Wildman–Crippen MR) is 122 cm³/mol. The Bertz CT molecular complexity index is 1010. The maximum absolute atomic E-state index is 13.1. The molecule has 1 aliphatic rings. The second-order valence-electron chi connectivity index (χ2n) is 7.89. The van der Waals surface area contributed by atoms with Gasteiger partial charge in [0.05, 0.1) is 11.6 Å². The van der Waals surface area contributed by atoms with Gasteiger partial charge in [-0.1, -0.05) is 42.8 Å². The van der Waals surface area contributed by atoms with Gasteiger partial charge in [0.2, 0.25) is 10.0 Å². The van der Waals surface area contributed by atoms with E-state index in [1.807, 2.05) is 38.1 Å². The molecule has 3 rings (SSSR count). The highest BCUT2D eigenvalue weighted by molar-refractivity contribution is 7.89. The van der Waals surface area contributed by atoms with Gasteiger partial charge in [-0.05, 0) is 55.0 Å². The summed E-state index contributed by atoms with van der Waals surface area (Å²) in [5, 5.41) is 2.97. The van der Waals surface area contributed by atoms with Crippen LogP contribution in [0.4, 0.5) is 0 Å². The lowest BCUT2D eigenvalue weighted by molar-refractivity contribution is 0.0950. The van der Waals surface area contributed by atoms with Crippen LogP contribution in [0.15, 0.2) is 47.4 Å². The average Bonchev–Trinajstić information content (AvgIpc) is 2.77. The zero-order valence-corrected chi connectivity index (χ0v) is 19.5. The molecule has 1 heterocycles. The van der Waals surface area contributed by atoms with Crippen molar-refractivity contribution in [2.24, 2.45) is 5.92 Å². The molecule has 1 aliphatic heterocycles. The SMILES string of the molecule is CCOCc1ccc(CNC(=O)c2ccc(Cl)c(S(=O)(=O)N3CCCC(C)C3)c2)cc1. The molecule has 8 heteroatoms. The summed E-state index contributed by atoms with van der Waals surface area (Å²) < 4.78 is 33.1. The van der Waals surface area contributed by atoms with Crippen LogP contribution in [0, 0.1) is 5.92 Å². The molecule has 2 aromatic carbocycles. The summed E-state index contributed by atoms with van der Waals surface area (Å²) in [6.45, 7) is 6.48. The number of piperidine rings is 1. The highest BCUT2D eigenvalue weighted by atomic mass is 35.5. The molecule has 0 aromatic heterocycles. The summed E-state index contributed by atoms with van der Waals surface area (Å²) in [4.78, 5) is 12.6. The highest BCUT2D eigenvalue weighted by Crippen LogP contribution is 2.29. The Hall–Kier alpha value is -1.93. The number of nitrogens with one attached hydrogen (secondary N) is 1. The monoisotopic (exact) mass is 464 g/mol. The average molecular weight is 465 g/mol. The van der Waals surface area contributed by atoms with Crippen LogP contribution >= 0.6 is 11.6 Å². The molecule has 1 unspecified atom stereocenters. The van der Waals surface area contributed by atoms with Gasteiger partial charge in [0.25, 0.3) is 5.91 Å². The zero-order valence-electron chi connectivity index (χ0n) is 17.9. The topological polar surface area (TPSA) is 75.7 Å². The van der Waals surface area contributed by atoms with Crippen molar-refractivity contribution in [3.8, 4) is 0 Å². The number of amides is 1. The van der Waals surface area contributed by atoms with Gasteiger partial charge in [0, 0.05) is 31.8 Å². The van der Waals surface area contributed by atoms with Crippen molar-refractivity contribution in [1.82, 2.24) is 9.62 Å². The number of carbonyl (C=O) groups excluding carboxylic acids is 1. The minimum atomic E-state index is -3.75. The number of carbonyl (C=O) groups is 1. The fraction of sp³-hybridized carbons (Fsp3) is 0.435. The molecule has 168 valence electrons. The van der Waals surface area contributed by atoms with Crippen molar-refractivity contribution in [2.45, 2.75) is 44.7 Å². The lowest BCUT2D eigenvalue weighted by Crippen LogP contribution is -2.39. The Morgan fingerprint density at radius 1 is 1.19 bits per heavy atom. The van der Waals surface area contributed by atoms with Gasteiger partial charge in [-0.2, -0.15) is 4.31 Å². The lowest BCUT2D eigenvalue weighted by Gasteiger charge is -2.30. The van der Waals surface area contributed by atoms with Gasteiger partial charge < -0.3 is 10.1 Å². The number of ether oxygens (including phenoxy) is 1. The van der Waals surface area contributed by atoms with Crippen molar-refractivity contribution in [2.75, 3.05) is 19.7 Å². The Morgan fingerprint density at radius 3 is 2.58 bits per heavy atom. The van der Waals surface area contributed by atoms with Gasteiger partial charge in [-0.25, -0.2) is 8.42 Å². The zero-order chi connectivity index (χ0) is 22.4. The fourth-order valence-electron chi connectivity index (χ4n) is 3.60. The molecule has 1 atom stereocenters. The van der Waals surface area contributed by atoms with Crippen molar-refractivity contribution >= 4 is 27.5 Å². The number of sulfonamides is 1. The minimum absolute atomic E-state index is 0.0174. The highest BCUT2D eigenvalue weighted by Gasteiger charge is 2.30. The number of halogens is 1. The Morgan fingerprint density at radius 2 is 1.90 bits per heavy atom. The Labute approximate surface area is 189 Å². The van der Waals surface area contributed by atoms with Crippen LogP contribution in [-0.4, -0.2) is 38.3 Å². The fourth-order valence-corrected chi connectivity index (χ4v) is 5.70. The van der Waals surface area contributed by atoms with Gasteiger partial charge >= 0.3 is 0 Å². The van der Waals surface area contributed by atoms with Crippen LogP contribution in [-0.2, 0) is 27.9 Å². The number of rotatable bonds is 8. The number of hydrogen-bond donors (Lipinski definition) is 1. The van der Waals surface area contributed by atoms with Gasteiger partial charge in [0.15, 0.2) is 0 Å². The molecule has 1 saturated heterocycles. The molecule has 0 radical (unpaired) electrons. The van der Waals surface area contributed by atoms with E-state index in [9.17, 15) is 13.2 Å². The van der Waals surface area contributed by atoms with Crippen molar-refractivity contribution < 1.29 is 17.9 Å². The molecule has 0 spiro atoms. The first-order valence-corrected chi connectivity index (χ1v) is 12.4. The molecular formula is C23H29ClN2O4S. The lowest BCUT2D eigenvalue weighted by atomic mass is 10.0. The van der Waals surface area contributed by atoms with E-state index in [4.69, 9.17) is 16.3 Å². The van der Waals surface area contributed by atoms with Crippen LogP contribution in [0.25, 0.3) is 0 Å². The minimum Gasteiger partial charge on any atom is -0.377 e. The van der Waals surface area contributed by atoms with Crippen LogP contribution in [0.5, 0.6) is 0 Å². The summed E-state index contributed by atoms with van der Waals surface area (Å²) in [5.41, 5.74) is 2.27. The van der Waals surface area contributed by atoms with E-state index in [1.165, 1.54) is 16.4 Å². The molecule has 0 bridgehead atoms. The first-order chi connectivity index (χ1) is 14.8. The summed E-state index contributed by atoms with van der Waals surface area (Å²) in [5.74, 6) is -0.0489. The van der Waals surface area contributed by atoms with Crippen LogP contribution in [0.2, 0.25) is 5.02 Å². The van der Waals surface area contributed by atoms with E-state index in [-0.39, 0.29) is 21.4 Å². The first-order valence-electron chi connectivity index (χ1n) is 10.5. The molecule has 1 fully saturated rings. The van der Waals surface area contributed by atoms with Crippen LogP contribution in [0.1, 0.15) is 48.2 Å². The second kappa shape index (κ2) is 10.6. The van der Waals surface area contributed by atoms with Crippen LogP contribution in [0.3, 0.4) is 0 Å². The molecular weight excluding hydrogens is 436 g/mol. The van der Waals surface area contributed by atoms with E-state index in [0.29, 0.717) is 38.8 Å². The first kappa shape index (κ1) is 23.7. The van der Waals surface area contributed by atoms with Gasteiger partial charge in [0.1, 0.15) is 4.90 Å². The molecule has 2 aromatic rings. The molecule has 0 saturated carbocycles. The molecule has 0 aliphatic carbocycles. The van der Waals surface area contributed by atoms with Crippen molar-refractivity contribution in [3.05, 3.63) is 64.2 Å². The quantitative estimate of drug-likeness (QED) is 0.634. The molecule has 1 N–H and O–H groups in total. The summed E-state index contributed by atoms with van der Waals surface area (Å²) in [7, 11) is -3.75. The standard InChI is InChI=1S/C23H29ClN2O4S/c1-3-30-16-19-8-6-18(7-9-19)14-25-23(27)20-10-11-21(24)22(13-20)31(28,29)26-12-4-5-17(2)15-26/h6-11,13,17H,3-5,12,14-16H2,1-2H3,(H,25,27). The van der Waals surface area contributed by atoms with E-state index in [0.717, 1.165) is 24.0 Å². The van der Waals surface area contributed by atoms with E-state index < -0.39 is 10.0 Å². The van der Waals surface area contributed by atoms with Gasteiger partial charge in [-0.3, -0.25) is 4.79 Å². The Balaban J connectivity index is 1.69. The number of hydrogen-bond acceptors (Lipinski definition) is 4. The predicted octanol–water partition coefficient (Wildman–Crippen LogP) is 4.23. The maximum atomic E-state index is 13.1. The summed E-state index contributed by atoms with van der Waals surface area (Å²) >= 11 is 6.22. The largest absolute Gasteiger partial charge is 0.377 e. The third-order valence-electron chi connectivity index (χ3n) is 5.38. The smallest absolute Gasteiger partial charge is 0.251 e. The van der Waals surface area contributed by atoms with E-state index >= 15 is 0 Å². The van der Waals surface area contributed by atoms with E-state index in [2.05, 4.69) is 5.32 Å². The van der Waals surface area contributed by atoms with Gasteiger partial charge in [-0.15, -0.1) is 0 Å².